The molecule has 0 heterocycles. The highest BCUT2D eigenvalue weighted by Crippen LogP contribution is 2.20. The maximum atomic E-state index is 11.5. The van der Waals surface area contributed by atoms with E-state index >= 15 is 0 Å². The molecule has 0 saturated carbocycles. The molecule has 6 heteroatoms. The van der Waals surface area contributed by atoms with Gasteiger partial charge in [-0.1, -0.05) is 41.9 Å². The van der Waals surface area contributed by atoms with Crippen LogP contribution in [0, 0.1) is 0 Å². The Morgan fingerprint density at radius 1 is 1.32 bits per heavy atom. The van der Waals surface area contributed by atoms with Gasteiger partial charge in [-0.2, -0.15) is 0 Å². The zero-order valence-electron chi connectivity index (χ0n) is 11.3. The van der Waals surface area contributed by atoms with Gasteiger partial charge in [0.15, 0.2) is 0 Å². The molecule has 1 aromatic rings. The Morgan fingerprint density at radius 3 is 2.63 bits per heavy atom. The molecule has 0 aliphatic rings. The maximum absolute atomic E-state index is 11.5. The number of halogens is 1. The minimum absolute atomic E-state index is 0.103. The standard InChI is InChI=1S/C13H21BrN2O2S/c1-3-13(11-6-5-7-12(14)10-11)15-8-9-19(17,18)16-4-2/h5-7,10,13,15-16H,3-4,8-9H2,1-2H3. The quantitative estimate of drug-likeness (QED) is 0.758. The minimum Gasteiger partial charge on any atom is -0.309 e. The van der Waals surface area contributed by atoms with Gasteiger partial charge in [-0.05, 0) is 24.1 Å². The van der Waals surface area contributed by atoms with Crippen LogP contribution in [0.15, 0.2) is 28.7 Å². The first kappa shape index (κ1) is 16.6. The molecule has 108 valence electrons. The van der Waals surface area contributed by atoms with E-state index in [4.69, 9.17) is 0 Å². The lowest BCUT2D eigenvalue weighted by atomic mass is 10.1. The Morgan fingerprint density at radius 2 is 2.05 bits per heavy atom. The van der Waals surface area contributed by atoms with Crippen LogP contribution in [0.1, 0.15) is 31.9 Å². The van der Waals surface area contributed by atoms with E-state index in [2.05, 4.69) is 39.0 Å². The lowest BCUT2D eigenvalue weighted by molar-refractivity contribution is 0.529. The van der Waals surface area contributed by atoms with Crippen LogP contribution in [0.25, 0.3) is 0 Å². The zero-order chi connectivity index (χ0) is 14.3. The third-order valence-electron chi connectivity index (χ3n) is 2.79. The van der Waals surface area contributed by atoms with Gasteiger partial charge >= 0.3 is 0 Å². The van der Waals surface area contributed by atoms with E-state index in [1.165, 1.54) is 0 Å². The van der Waals surface area contributed by atoms with Crippen molar-refractivity contribution >= 4 is 26.0 Å². The van der Waals surface area contributed by atoms with E-state index in [9.17, 15) is 8.42 Å². The number of nitrogens with one attached hydrogen (secondary N) is 2. The summed E-state index contributed by atoms with van der Waals surface area (Å²) in [5, 5.41) is 3.29. The lowest BCUT2D eigenvalue weighted by Gasteiger charge is -2.17. The molecule has 0 radical (unpaired) electrons. The van der Waals surface area contributed by atoms with Crippen LogP contribution >= 0.6 is 15.9 Å². The van der Waals surface area contributed by atoms with Gasteiger partial charge in [-0.3, -0.25) is 0 Å². The van der Waals surface area contributed by atoms with Crippen LogP contribution in [0.2, 0.25) is 0 Å². The molecular weight excluding hydrogens is 328 g/mol. The van der Waals surface area contributed by atoms with Gasteiger partial charge in [0.2, 0.25) is 10.0 Å². The summed E-state index contributed by atoms with van der Waals surface area (Å²) in [5.41, 5.74) is 1.16. The first-order valence-electron chi connectivity index (χ1n) is 6.44. The molecule has 0 bridgehead atoms. The van der Waals surface area contributed by atoms with Crippen molar-refractivity contribution in [3.63, 3.8) is 0 Å². The van der Waals surface area contributed by atoms with E-state index in [1.807, 2.05) is 18.2 Å². The van der Waals surface area contributed by atoms with E-state index in [1.54, 1.807) is 6.92 Å². The van der Waals surface area contributed by atoms with E-state index < -0.39 is 10.0 Å². The smallest absolute Gasteiger partial charge is 0.212 e. The topological polar surface area (TPSA) is 58.2 Å². The Balaban J connectivity index is 2.55. The molecule has 0 fully saturated rings. The highest BCUT2D eigenvalue weighted by Gasteiger charge is 2.12. The largest absolute Gasteiger partial charge is 0.309 e. The van der Waals surface area contributed by atoms with Gasteiger partial charge < -0.3 is 5.32 Å². The van der Waals surface area contributed by atoms with E-state index in [-0.39, 0.29) is 11.8 Å². The van der Waals surface area contributed by atoms with Crippen molar-refractivity contribution in [2.24, 2.45) is 0 Å². The average Bonchev–Trinajstić information content (AvgIpc) is 2.34. The van der Waals surface area contributed by atoms with Crippen LogP contribution in [0.3, 0.4) is 0 Å². The van der Waals surface area contributed by atoms with Gasteiger partial charge in [-0.25, -0.2) is 13.1 Å². The molecule has 0 aliphatic carbocycles. The summed E-state index contributed by atoms with van der Waals surface area (Å²) in [5.74, 6) is 0.103. The Kier molecular flexibility index (Phi) is 6.99. The van der Waals surface area contributed by atoms with Crippen molar-refractivity contribution < 1.29 is 8.42 Å². The summed E-state index contributed by atoms with van der Waals surface area (Å²) < 4.78 is 26.6. The van der Waals surface area contributed by atoms with Gasteiger partial charge in [0, 0.05) is 23.6 Å². The predicted molar refractivity (Wildman–Crippen MR) is 82.6 cm³/mol. The van der Waals surface area contributed by atoms with Crippen LogP contribution < -0.4 is 10.0 Å². The first-order chi connectivity index (χ1) is 8.98. The van der Waals surface area contributed by atoms with Crippen LogP contribution in [-0.4, -0.2) is 27.3 Å². The Hall–Kier alpha value is -0.430. The molecule has 0 aromatic heterocycles. The summed E-state index contributed by atoms with van der Waals surface area (Å²) in [6.45, 7) is 4.74. The van der Waals surface area contributed by atoms with Gasteiger partial charge in [0.25, 0.3) is 0 Å². The molecule has 19 heavy (non-hydrogen) atoms. The van der Waals surface area contributed by atoms with Gasteiger partial charge in [0.05, 0.1) is 5.75 Å². The monoisotopic (exact) mass is 348 g/mol. The third kappa shape index (κ3) is 6.03. The fourth-order valence-corrected chi connectivity index (χ4v) is 3.27. The molecule has 1 unspecified atom stereocenters. The minimum atomic E-state index is -3.15. The predicted octanol–water partition coefficient (Wildman–Crippen LogP) is 2.43. The fourth-order valence-electron chi connectivity index (χ4n) is 1.88. The summed E-state index contributed by atoms with van der Waals surface area (Å²) in [4.78, 5) is 0. The summed E-state index contributed by atoms with van der Waals surface area (Å²) in [7, 11) is -3.15. The normalized spacial score (nSPS) is 13.4. The maximum Gasteiger partial charge on any atom is 0.212 e. The number of hydrogen-bond acceptors (Lipinski definition) is 3. The molecule has 0 spiro atoms. The summed E-state index contributed by atoms with van der Waals surface area (Å²) in [6, 6.07) is 8.24. The molecule has 0 aliphatic heterocycles. The van der Waals surface area contributed by atoms with Crippen LogP contribution in [-0.2, 0) is 10.0 Å². The Labute approximate surface area is 124 Å². The van der Waals surface area contributed by atoms with Gasteiger partial charge in [0.1, 0.15) is 0 Å². The number of hydrogen-bond donors (Lipinski definition) is 2. The lowest BCUT2D eigenvalue weighted by Crippen LogP contribution is -2.33. The molecule has 2 N–H and O–H groups in total. The van der Waals surface area contributed by atoms with Crippen molar-refractivity contribution in [2.75, 3.05) is 18.8 Å². The molecule has 1 aromatic carbocycles. The summed E-state index contributed by atoms with van der Waals surface area (Å²) >= 11 is 3.45. The zero-order valence-corrected chi connectivity index (χ0v) is 13.7. The van der Waals surface area contributed by atoms with Crippen LogP contribution in [0.4, 0.5) is 0 Å². The number of rotatable bonds is 8. The highest BCUT2D eigenvalue weighted by atomic mass is 79.9. The SMILES string of the molecule is CCNS(=O)(=O)CCNC(CC)c1cccc(Br)c1. The van der Waals surface area contributed by atoms with Crippen molar-refractivity contribution in [1.29, 1.82) is 0 Å². The second-order valence-electron chi connectivity index (χ2n) is 4.29. The Bertz CT molecular complexity index is 491. The van der Waals surface area contributed by atoms with Crippen molar-refractivity contribution in [1.82, 2.24) is 10.0 Å². The molecule has 4 nitrogen and oxygen atoms in total. The summed E-state index contributed by atoms with van der Waals surface area (Å²) in [6.07, 6.45) is 0.914. The molecule has 0 saturated heterocycles. The molecule has 0 amide bonds. The number of sulfonamides is 1. The van der Waals surface area contributed by atoms with Crippen molar-refractivity contribution in [2.45, 2.75) is 26.3 Å². The van der Waals surface area contributed by atoms with E-state index in [0.717, 1.165) is 16.5 Å². The fraction of sp³-hybridized carbons (Fsp3) is 0.538. The molecular formula is C13H21BrN2O2S. The van der Waals surface area contributed by atoms with E-state index in [0.29, 0.717) is 13.1 Å². The van der Waals surface area contributed by atoms with Crippen LogP contribution in [0.5, 0.6) is 0 Å². The number of benzene rings is 1. The van der Waals surface area contributed by atoms with Crippen molar-refractivity contribution in [3.05, 3.63) is 34.3 Å². The first-order valence-corrected chi connectivity index (χ1v) is 8.89. The third-order valence-corrected chi connectivity index (χ3v) is 4.75. The highest BCUT2D eigenvalue weighted by molar-refractivity contribution is 9.10. The second kappa shape index (κ2) is 7.99. The van der Waals surface area contributed by atoms with Gasteiger partial charge in [-0.15, -0.1) is 0 Å². The average molecular weight is 349 g/mol. The second-order valence-corrected chi connectivity index (χ2v) is 7.13. The molecule has 1 rings (SSSR count). The molecule has 1 atom stereocenters. The van der Waals surface area contributed by atoms with Crippen molar-refractivity contribution in [3.8, 4) is 0 Å².